The van der Waals surface area contributed by atoms with Gasteiger partial charge in [0.1, 0.15) is 5.58 Å². The maximum absolute atomic E-state index is 12.7. The number of carbonyl (C=O) groups excluding carboxylic acids is 1. The second kappa shape index (κ2) is 7.49. The molecule has 1 amide bonds. The van der Waals surface area contributed by atoms with Gasteiger partial charge in [-0.3, -0.25) is 4.79 Å². The van der Waals surface area contributed by atoms with E-state index in [0.29, 0.717) is 12.3 Å². The quantitative estimate of drug-likeness (QED) is 0.543. The van der Waals surface area contributed by atoms with Crippen LogP contribution in [0.5, 0.6) is 0 Å². The Bertz CT molecular complexity index is 1140. The normalized spacial score (nSPS) is 11.4. The van der Waals surface area contributed by atoms with Gasteiger partial charge in [-0.2, -0.15) is 0 Å². The van der Waals surface area contributed by atoms with Crippen LogP contribution in [0.3, 0.4) is 0 Å². The molecule has 4 rings (SSSR count). The lowest BCUT2D eigenvalue weighted by Gasteiger charge is -2.10. The van der Waals surface area contributed by atoms with E-state index in [2.05, 4.69) is 40.5 Å². The lowest BCUT2D eigenvalue weighted by Crippen LogP contribution is -2.23. The molecule has 0 saturated heterocycles. The number of furan rings is 1. The first-order chi connectivity index (χ1) is 13.5. The number of rotatable bonds is 5. The van der Waals surface area contributed by atoms with Gasteiger partial charge in [0.15, 0.2) is 5.76 Å². The summed E-state index contributed by atoms with van der Waals surface area (Å²) >= 11 is 0. The lowest BCUT2D eigenvalue weighted by atomic mass is 10.1. The van der Waals surface area contributed by atoms with E-state index in [0.717, 1.165) is 39.4 Å². The molecule has 0 aliphatic rings. The molecule has 4 heteroatoms. The van der Waals surface area contributed by atoms with Crippen molar-refractivity contribution in [2.45, 2.75) is 20.0 Å². The second-order valence-electron chi connectivity index (χ2n) is 7.46. The van der Waals surface area contributed by atoms with Crippen molar-refractivity contribution < 1.29 is 9.21 Å². The van der Waals surface area contributed by atoms with E-state index in [9.17, 15) is 4.79 Å². The summed E-state index contributed by atoms with van der Waals surface area (Å²) in [6.07, 6.45) is 0. The number of benzene rings is 3. The van der Waals surface area contributed by atoms with Gasteiger partial charge >= 0.3 is 0 Å². The van der Waals surface area contributed by atoms with Crippen molar-refractivity contribution in [3.05, 3.63) is 83.1 Å². The fourth-order valence-electron chi connectivity index (χ4n) is 3.56. The maximum atomic E-state index is 12.7. The molecule has 28 heavy (non-hydrogen) atoms. The van der Waals surface area contributed by atoms with Gasteiger partial charge in [0.2, 0.25) is 0 Å². The Morgan fingerprint density at radius 3 is 2.39 bits per heavy atom. The average molecular weight is 372 g/mol. The van der Waals surface area contributed by atoms with E-state index in [1.165, 1.54) is 5.56 Å². The molecule has 0 aliphatic heterocycles. The minimum absolute atomic E-state index is 0.185. The van der Waals surface area contributed by atoms with Crippen LogP contribution >= 0.6 is 0 Å². The topological polar surface area (TPSA) is 45.5 Å². The van der Waals surface area contributed by atoms with Crippen LogP contribution in [0.1, 0.15) is 27.2 Å². The molecule has 0 saturated carbocycles. The Morgan fingerprint density at radius 1 is 0.929 bits per heavy atom. The summed E-state index contributed by atoms with van der Waals surface area (Å²) in [5, 5.41) is 6.10. The molecular formula is C24H24N2O2. The highest BCUT2D eigenvalue weighted by Crippen LogP contribution is 2.31. The third kappa shape index (κ3) is 3.51. The molecule has 3 aromatic carbocycles. The van der Waals surface area contributed by atoms with Crippen LogP contribution in [0.15, 0.2) is 65.1 Å². The summed E-state index contributed by atoms with van der Waals surface area (Å²) < 4.78 is 6.01. The van der Waals surface area contributed by atoms with E-state index in [1.807, 2.05) is 51.4 Å². The molecule has 1 aromatic heterocycles. The highest BCUT2D eigenvalue weighted by Gasteiger charge is 2.18. The van der Waals surface area contributed by atoms with Crippen LogP contribution in [0, 0.1) is 6.92 Å². The number of aryl methyl sites for hydroxylation is 1. The molecule has 4 nitrogen and oxygen atoms in total. The van der Waals surface area contributed by atoms with Crippen molar-refractivity contribution in [2.75, 3.05) is 14.1 Å². The van der Waals surface area contributed by atoms with Crippen molar-refractivity contribution in [3.8, 4) is 0 Å². The molecule has 0 spiro atoms. The largest absolute Gasteiger partial charge is 0.450 e. The van der Waals surface area contributed by atoms with Crippen molar-refractivity contribution in [2.24, 2.45) is 0 Å². The Balaban J connectivity index is 1.54. The predicted molar refractivity (Wildman–Crippen MR) is 113 cm³/mol. The molecule has 1 heterocycles. The highest BCUT2D eigenvalue weighted by atomic mass is 16.3. The van der Waals surface area contributed by atoms with Crippen LogP contribution in [-0.2, 0) is 13.1 Å². The fourth-order valence-corrected chi connectivity index (χ4v) is 3.56. The molecule has 1 N–H and O–H groups in total. The van der Waals surface area contributed by atoms with Crippen LogP contribution in [0.2, 0.25) is 0 Å². The summed E-state index contributed by atoms with van der Waals surface area (Å²) in [7, 11) is 4.10. The standard InChI is InChI=1S/C24H24N2O2/c1-16-20-13-12-19-6-4-5-7-21(19)23(20)28-22(16)24(27)25-14-17-8-10-18(11-9-17)15-26(2)3/h4-13H,14-15H2,1-3H3,(H,25,27). The molecule has 0 fully saturated rings. The van der Waals surface area contributed by atoms with E-state index in [-0.39, 0.29) is 5.91 Å². The average Bonchev–Trinajstić information content (AvgIpc) is 3.04. The Hall–Kier alpha value is -3.11. The van der Waals surface area contributed by atoms with E-state index in [4.69, 9.17) is 4.42 Å². The lowest BCUT2D eigenvalue weighted by molar-refractivity contribution is 0.0924. The molecule has 0 atom stereocenters. The minimum atomic E-state index is -0.185. The molecule has 0 unspecified atom stereocenters. The van der Waals surface area contributed by atoms with Gasteiger partial charge in [0.05, 0.1) is 0 Å². The van der Waals surface area contributed by atoms with E-state index < -0.39 is 0 Å². The van der Waals surface area contributed by atoms with Gasteiger partial charge in [-0.05, 0) is 37.5 Å². The zero-order valence-corrected chi connectivity index (χ0v) is 16.5. The van der Waals surface area contributed by atoms with Crippen molar-refractivity contribution in [1.82, 2.24) is 10.2 Å². The molecular weight excluding hydrogens is 348 g/mol. The zero-order chi connectivity index (χ0) is 19.7. The summed E-state index contributed by atoms with van der Waals surface area (Å²) in [4.78, 5) is 14.9. The molecule has 0 aliphatic carbocycles. The van der Waals surface area contributed by atoms with Crippen LogP contribution in [0.4, 0.5) is 0 Å². The first-order valence-corrected chi connectivity index (χ1v) is 9.44. The first-order valence-electron chi connectivity index (χ1n) is 9.44. The van der Waals surface area contributed by atoms with Gasteiger partial charge in [-0.1, -0.05) is 60.7 Å². The SMILES string of the molecule is Cc1c(C(=O)NCc2ccc(CN(C)C)cc2)oc2c1ccc1ccccc12. The Morgan fingerprint density at radius 2 is 1.64 bits per heavy atom. The number of nitrogens with one attached hydrogen (secondary N) is 1. The van der Waals surface area contributed by atoms with Gasteiger partial charge in [-0.25, -0.2) is 0 Å². The monoisotopic (exact) mass is 372 g/mol. The van der Waals surface area contributed by atoms with E-state index >= 15 is 0 Å². The number of hydrogen-bond acceptors (Lipinski definition) is 3. The smallest absolute Gasteiger partial charge is 0.287 e. The van der Waals surface area contributed by atoms with Crippen LogP contribution in [0.25, 0.3) is 21.7 Å². The molecule has 4 aromatic rings. The number of hydrogen-bond donors (Lipinski definition) is 1. The van der Waals surface area contributed by atoms with Gasteiger partial charge in [0.25, 0.3) is 5.91 Å². The summed E-state index contributed by atoms with van der Waals surface area (Å²) in [5.74, 6) is 0.200. The maximum Gasteiger partial charge on any atom is 0.287 e. The zero-order valence-electron chi connectivity index (χ0n) is 16.5. The first kappa shape index (κ1) is 18.3. The van der Waals surface area contributed by atoms with Crippen molar-refractivity contribution >= 4 is 27.6 Å². The third-order valence-electron chi connectivity index (χ3n) is 5.01. The Kier molecular flexibility index (Phi) is 4.88. The highest BCUT2D eigenvalue weighted by molar-refractivity contribution is 6.08. The summed E-state index contributed by atoms with van der Waals surface area (Å²) in [5.41, 5.74) is 3.96. The number of nitrogens with zero attached hydrogens (tertiary/aromatic N) is 1. The van der Waals surface area contributed by atoms with Crippen LogP contribution < -0.4 is 5.32 Å². The van der Waals surface area contributed by atoms with Crippen molar-refractivity contribution in [3.63, 3.8) is 0 Å². The third-order valence-corrected chi connectivity index (χ3v) is 5.01. The second-order valence-corrected chi connectivity index (χ2v) is 7.46. The van der Waals surface area contributed by atoms with Crippen LogP contribution in [-0.4, -0.2) is 24.9 Å². The molecule has 142 valence electrons. The minimum Gasteiger partial charge on any atom is -0.450 e. The molecule has 0 radical (unpaired) electrons. The number of amides is 1. The van der Waals surface area contributed by atoms with E-state index in [1.54, 1.807) is 0 Å². The van der Waals surface area contributed by atoms with Gasteiger partial charge in [0, 0.05) is 29.4 Å². The summed E-state index contributed by atoms with van der Waals surface area (Å²) in [6, 6.07) is 20.5. The summed E-state index contributed by atoms with van der Waals surface area (Å²) in [6.45, 7) is 3.31. The number of carbonyl (C=O) groups is 1. The van der Waals surface area contributed by atoms with Gasteiger partial charge < -0.3 is 14.6 Å². The molecule has 0 bridgehead atoms. The fraction of sp³-hybridized carbons (Fsp3) is 0.208. The Labute approximate surface area is 164 Å². The number of fused-ring (bicyclic) bond motifs is 3. The van der Waals surface area contributed by atoms with Gasteiger partial charge in [-0.15, -0.1) is 0 Å². The predicted octanol–water partition coefficient (Wildman–Crippen LogP) is 4.89. The van der Waals surface area contributed by atoms with Crippen molar-refractivity contribution in [1.29, 1.82) is 0 Å².